The summed E-state index contributed by atoms with van der Waals surface area (Å²) in [6.07, 6.45) is 6.83. The Balaban J connectivity index is 0.000000220. The molecule has 17 N–H and O–H groups in total. The van der Waals surface area contributed by atoms with Crippen LogP contribution in [0.4, 0.5) is 0 Å². The Morgan fingerprint density at radius 1 is 0.400 bits per heavy atom. The van der Waals surface area contributed by atoms with Crippen LogP contribution in [0.15, 0.2) is 0 Å². The fraction of sp³-hybridized carbons (Fsp3) is 1.00. The highest BCUT2D eigenvalue weighted by Crippen LogP contribution is 2.32. The second-order valence-corrected chi connectivity index (χ2v) is 23.3. The lowest BCUT2D eigenvalue weighted by Gasteiger charge is -2.45. The molecule has 20 heteroatoms. The molecule has 75 heavy (non-hydrogen) atoms. The number of nitrogens with zero attached hydrogens (tertiary/aromatic N) is 2. The van der Waals surface area contributed by atoms with Gasteiger partial charge in [0.15, 0.2) is 0 Å². The second-order valence-electron chi connectivity index (χ2n) is 23.3. The molecule has 2 spiro atoms. The van der Waals surface area contributed by atoms with Crippen molar-refractivity contribution in [3.05, 3.63) is 0 Å². The van der Waals surface area contributed by atoms with Crippen molar-refractivity contribution < 1.29 is 4.74 Å². The van der Waals surface area contributed by atoms with Gasteiger partial charge in [-0.2, -0.15) is 0 Å². The summed E-state index contributed by atoms with van der Waals surface area (Å²) in [5.41, 5.74) is 1.77. The zero-order chi connectivity index (χ0) is 53.8. The highest BCUT2D eigenvalue weighted by Gasteiger charge is 2.38. The number of morpholine rings is 1. The standard InChI is InChI=1S/2C7H14N2.3C6H14N2.3C5H12N2.C4H10N2.C4H9NO/c2*1-3-8-4-2-7(1)5-9-6-7;1-5-3-7-4-6(2)8-5;1-6(2)5-7-3-4-8-6;1-2-8-5-3-7-4-6-8;1-7-4-2-6-3-5-7;1-5-4-6-2-3-7-5;1-2-6-4-5-7-3-1;1-2-6-4-3-5-1;1-3-6-4-2-5-1/h2*8-9H,1-6H2;5-8H,3-4H2,1-2H3;7-8H,3-5H2,1-2H3;7H,2-6H2,1H3;6H,2-5H2,1H3;5-7H,2-4H2,1H3;6-7H,1-5H2;5-6H,1-4H2;5H,1-4H2/t;;5-,6+;;;;5-;;;/m......0.../s1. The summed E-state index contributed by atoms with van der Waals surface area (Å²) < 4.78 is 5.01. The van der Waals surface area contributed by atoms with Crippen molar-refractivity contribution in [2.24, 2.45) is 10.8 Å². The lowest BCUT2D eigenvalue weighted by Crippen LogP contribution is -2.57. The van der Waals surface area contributed by atoms with Crippen molar-refractivity contribution in [2.45, 2.75) is 97.3 Å². The molecule has 12 fully saturated rings. The smallest absolute Gasteiger partial charge is 0.0591 e. The van der Waals surface area contributed by atoms with Gasteiger partial charge in [0.1, 0.15) is 0 Å². The number of likely N-dealkylation sites (N-methyl/N-ethyl adjacent to an activating group) is 2. The largest absolute Gasteiger partial charge is 0.379 e. The molecule has 12 saturated heterocycles. The molecule has 0 aromatic heterocycles. The third-order valence-corrected chi connectivity index (χ3v) is 15.5. The van der Waals surface area contributed by atoms with Crippen LogP contribution in [0.1, 0.15) is 73.6 Å². The third kappa shape index (κ3) is 37.0. The topological polar surface area (TPSA) is 220 Å². The maximum Gasteiger partial charge on any atom is 0.0591 e. The Morgan fingerprint density at radius 2 is 0.813 bits per heavy atom. The number of hydrogen-bond donors (Lipinski definition) is 17. The van der Waals surface area contributed by atoms with Gasteiger partial charge in [0.25, 0.3) is 0 Å². The van der Waals surface area contributed by atoms with Crippen LogP contribution in [0.5, 0.6) is 0 Å². The molecule has 12 heterocycles. The molecule has 0 bridgehead atoms. The van der Waals surface area contributed by atoms with E-state index in [9.17, 15) is 0 Å². The minimum atomic E-state index is 0.318. The van der Waals surface area contributed by atoms with Gasteiger partial charge in [-0.3, -0.25) is 0 Å². The number of piperidine rings is 2. The van der Waals surface area contributed by atoms with Crippen molar-refractivity contribution in [1.82, 2.24) is 100 Å². The predicted octanol–water partition coefficient (Wildman–Crippen LogP) is -2.81. The van der Waals surface area contributed by atoms with Gasteiger partial charge in [-0.15, -0.1) is 0 Å². The molecule has 0 aromatic rings. The van der Waals surface area contributed by atoms with E-state index in [0.29, 0.717) is 23.7 Å². The normalized spacial score (nSPS) is 28.9. The van der Waals surface area contributed by atoms with E-state index in [2.05, 4.69) is 149 Å². The van der Waals surface area contributed by atoms with Gasteiger partial charge in [-0.1, -0.05) is 6.92 Å². The monoisotopic (exact) mass is 1070 g/mol. The fourth-order valence-corrected chi connectivity index (χ4v) is 10.1. The molecule has 12 aliphatic heterocycles. The molecule has 3 atom stereocenters. The van der Waals surface area contributed by atoms with E-state index in [0.717, 1.165) is 142 Å². The van der Waals surface area contributed by atoms with Crippen LogP contribution in [0.25, 0.3) is 0 Å². The van der Waals surface area contributed by atoms with Gasteiger partial charge in [-0.05, 0) is 130 Å². The van der Waals surface area contributed by atoms with Crippen LogP contribution in [0.3, 0.4) is 0 Å². The van der Waals surface area contributed by atoms with Crippen molar-refractivity contribution in [3.63, 3.8) is 0 Å². The number of ether oxygens (including phenoxy) is 1. The van der Waals surface area contributed by atoms with E-state index in [-0.39, 0.29) is 0 Å². The Hall–Kier alpha value is -0.800. The highest BCUT2D eigenvalue weighted by atomic mass is 16.5. The van der Waals surface area contributed by atoms with Crippen LogP contribution < -0.4 is 90.4 Å². The SMILES string of the molecule is C1CC2(CCN1)CNC2.C1CC2(CCN1)CNC2.C1CNCCN1.C1CNCCNC1.C1COCCN1.CC1(C)CNCCN1.CCN1CCNCC1.CN1CCNCC1.C[C@@H]1CNC[C@H](C)N1.C[C@H]1CNCCN1. The number of piperazine rings is 6. The summed E-state index contributed by atoms with van der Waals surface area (Å²) >= 11 is 0. The molecule has 0 aromatic carbocycles. The average Bonchev–Trinajstić information content (AvgIpc) is 3.78. The first-order chi connectivity index (χ1) is 36.5. The average molecular weight is 1070 g/mol. The molecule has 12 aliphatic rings. The number of nitrogens with one attached hydrogen (secondary N) is 17. The summed E-state index contributed by atoms with van der Waals surface area (Å²) in [6.45, 7) is 56.0. The molecular weight excluding hydrogens is 943 g/mol. The van der Waals surface area contributed by atoms with Gasteiger partial charge in [0.05, 0.1) is 13.2 Å². The van der Waals surface area contributed by atoms with Gasteiger partial charge >= 0.3 is 0 Å². The molecule has 0 saturated carbocycles. The first-order valence-electron chi connectivity index (χ1n) is 30.7. The van der Waals surface area contributed by atoms with Crippen LogP contribution >= 0.6 is 0 Å². The highest BCUT2D eigenvalue weighted by molar-refractivity contribution is 4.96. The van der Waals surface area contributed by atoms with Crippen LogP contribution in [-0.2, 0) is 4.74 Å². The van der Waals surface area contributed by atoms with E-state index in [4.69, 9.17) is 4.74 Å². The lowest BCUT2D eigenvalue weighted by atomic mass is 9.74. The molecule has 446 valence electrons. The molecule has 20 nitrogen and oxygen atoms in total. The van der Waals surface area contributed by atoms with Crippen LogP contribution in [0.2, 0.25) is 0 Å². The maximum atomic E-state index is 5.01. The first-order valence-corrected chi connectivity index (χ1v) is 30.7. The molecule has 12 rings (SSSR count). The van der Waals surface area contributed by atoms with E-state index < -0.39 is 0 Å². The van der Waals surface area contributed by atoms with Gasteiger partial charge < -0.3 is 105 Å². The molecule has 0 amide bonds. The fourth-order valence-electron chi connectivity index (χ4n) is 10.1. The summed E-state index contributed by atoms with van der Waals surface area (Å²) in [5, 5.41) is 56.2. The Labute approximate surface area is 460 Å². The van der Waals surface area contributed by atoms with Crippen molar-refractivity contribution in [1.29, 1.82) is 0 Å². The van der Waals surface area contributed by atoms with Crippen LogP contribution in [-0.4, -0.2) is 283 Å². The second kappa shape index (κ2) is 44.9. The van der Waals surface area contributed by atoms with E-state index in [1.807, 2.05) is 0 Å². The minimum absolute atomic E-state index is 0.318. The summed E-state index contributed by atoms with van der Waals surface area (Å²) in [5.74, 6) is 0. The number of hydrogen-bond acceptors (Lipinski definition) is 20. The van der Waals surface area contributed by atoms with Crippen LogP contribution in [0, 0.1) is 10.8 Å². The minimum Gasteiger partial charge on any atom is -0.379 e. The van der Waals surface area contributed by atoms with Crippen molar-refractivity contribution >= 4 is 0 Å². The maximum absolute atomic E-state index is 5.01. The molecular formula is C55H125N19O. The summed E-state index contributed by atoms with van der Waals surface area (Å²) in [7, 11) is 2.15. The quantitative estimate of drug-likeness (QED) is 0.128. The van der Waals surface area contributed by atoms with Crippen molar-refractivity contribution in [3.8, 4) is 0 Å². The zero-order valence-corrected chi connectivity index (χ0v) is 49.7. The van der Waals surface area contributed by atoms with E-state index >= 15 is 0 Å². The number of rotatable bonds is 1. The summed E-state index contributed by atoms with van der Waals surface area (Å²) in [4.78, 5) is 4.78. The van der Waals surface area contributed by atoms with Gasteiger partial charge in [0.2, 0.25) is 0 Å². The Kier molecular flexibility index (Phi) is 41.0. The van der Waals surface area contributed by atoms with E-state index in [1.165, 1.54) is 143 Å². The van der Waals surface area contributed by atoms with Gasteiger partial charge in [-0.25, -0.2) is 0 Å². The summed E-state index contributed by atoms with van der Waals surface area (Å²) in [6, 6.07) is 1.98. The van der Waals surface area contributed by atoms with E-state index in [1.54, 1.807) is 0 Å². The zero-order valence-electron chi connectivity index (χ0n) is 49.7. The van der Waals surface area contributed by atoms with Gasteiger partial charge in [0, 0.05) is 207 Å². The molecule has 0 aliphatic carbocycles. The molecule has 0 unspecified atom stereocenters. The Bertz CT molecular complexity index is 1110. The first kappa shape index (κ1) is 68.5. The molecule has 0 radical (unpaired) electrons. The lowest BCUT2D eigenvalue weighted by molar-refractivity contribution is 0.109. The third-order valence-electron chi connectivity index (χ3n) is 15.5. The van der Waals surface area contributed by atoms with Crippen molar-refractivity contribution in [2.75, 3.05) is 249 Å². The Morgan fingerprint density at radius 3 is 1.05 bits per heavy atom. The predicted molar refractivity (Wildman–Crippen MR) is 320 cm³/mol.